The van der Waals surface area contributed by atoms with Crippen LogP contribution >= 0.6 is 0 Å². The van der Waals surface area contributed by atoms with Crippen molar-refractivity contribution in [3.05, 3.63) is 34.1 Å². The highest BCUT2D eigenvalue weighted by Gasteiger charge is 2.28. The lowest BCUT2D eigenvalue weighted by atomic mass is 9.98. The molecule has 0 aromatic heterocycles. The summed E-state index contributed by atoms with van der Waals surface area (Å²) in [4.78, 5) is 12.4. The number of benzene rings is 1. The van der Waals surface area contributed by atoms with Crippen molar-refractivity contribution in [2.24, 2.45) is 5.73 Å². The molecule has 0 radical (unpaired) electrons. The zero-order chi connectivity index (χ0) is 13.3. The van der Waals surface area contributed by atoms with E-state index < -0.39 is 10.7 Å². The average molecular weight is 253 g/mol. The molecule has 1 saturated heterocycles. The maximum atomic E-state index is 13.3. The SMILES string of the molecule is CC1CC(N)CCN1c1cc(F)ccc1[N+](=O)[O-]. The van der Waals surface area contributed by atoms with E-state index in [4.69, 9.17) is 5.73 Å². The molecule has 0 saturated carbocycles. The Morgan fingerprint density at radius 3 is 2.89 bits per heavy atom. The Hall–Kier alpha value is -1.69. The van der Waals surface area contributed by atoms with Crippen LogP contribution in [0.15, 0.2) is 18.2 Å². The lowest BCUT2D eigenvalue weighted by Gasteiger charge is -2.37. The van der Waals surface area contributed by atoms with Gasteiger partial charge < -0.3 is 10.6 Å². The van der Waals surface area contributed by atoms with Gasteiger partial charge in [0.1, 0.15) is 11.5 Å². The largest absolute Gasteiger partial charge is 0.363 e. The van der Waals surface area contributed by atoms with Gasteiger partial charge in [-0.1, -0.05) is 0 Å². The van der Waals surface area contributed by atoms with Crippen molar-refractivity contribution in [2.75, 3.05) is 11.4 Å². The van der Waals surface area contributed by atoms with Gasteiger partial charge in [-0.3, -0.25) is 10.1 Å². The molecule has 0 bridgehead atoms. The van der Waals surface area contributed by atoms with Gasteiger partial charge in [-0.15, -0.1) is 0 Å². The van der Waals surface area contributed by atoms with E-state index in [0.717, 1.165) is 18.9 Å². The number of nitro groups is 1. The minimum absolute atomic E-state index is 0.0567. The monoisotopic (exact) mass is 253 g/mol. The molecule has 0 amide bonds. The van der Waals surface area contributed by atoms with E-state index in [1.807, 2.05) is 11.8 Å². The number of nitrogens with zero attached hydrogens (tertiary/aromatic N) is 2. The van der Waals surface area contributed by atoms with Crippen molar-refractivity contribution < 1.29 is 9.31 Å². The van der Waals surface area contributed by atoms with Gasteiger partial charge >= 0.3 is 0 Å². The van der Waals surface area contributed by atoms with Gasteiger partial charge in [0.15, 0.2) is 0 Å². The smallest absolute Gasteiger partial charge is 0.292 e. The molecular weight excluding hydrogens is 237 g/mol. The van der Waals surface area contributed by atoms with E-state index >= 15 is 0 Å². The van der Waals surface area contributed by atoms with E-state index in [-0.39, 0.29) is 17.8 Å². The molecule has 2 unspecified atom stereocenters. The lowest BCUT2D eigenvalue weighted by Crippen LogP contribution is -2.45. The molecule has 1 fully saturated rings. The number of nitro benzene ring substituents is 1. The Labute approximate surface area is 105 Å². The van der Waals surface area contributed by atoms with Gasteiger partial charge in [-0.05, 0) is 25.8 Å². The van der Waals surface area contributed by atoms with Crippen LogP contribution in [0.3, 0.4) is 0 Å². The van der Waals surface area contributed by atoms with Gasteiger partial charge in [0.25, 0.3) is 5.69 Å². The van der Waals surface area contributed by atoms with Crippen molar-refractivity contribution >= 4 is 11.4 Å². The Kier molecular flexibility index (Phi) is 3.47. The zero-order valence-corrected chi connectivity index (χ0v) is 10.2. The van der Waals surface area contributed by atoms with E-state index in [9.17, 15) is 14.5 Å². The maximum Gasteiger partial charge on any atom is 0.292 e. The highest BCUT2D eigenvalue weighted by Crippen LogP contribution is 2.33. The first-order valence-electron chi connectivity index (χ1n) is 5.95. The maximum absolute atomic E-state index is 13.3. The standard InChI is InChI=1S/C12H16FN3O2/c1-8-6-10(14)4-5-15(8)12-7-9(13)2-3-11(12)16(17)18/h2-3,7-8,10H,4-6,14H2,1H3. The first-order valence-corrected chi connectivity index (χ1v) is 5.95. The molecule has 1 aromatic rings. The van der Waals surface area contributed by atoms with Crippen molar-refractivity contribution in [1.29, 1.82) is 0 Å². The molecule has 2 N–H and O–H groups in total. The van der Waals surface area contributed by atoms with Crippen LogP contribution < -0.4 is 10.6 Å². The Balaban J connectivity index is 2.37. The van der Waals surface area contributed by atoms with Crippen LogP contribution in [0.25, 0.3) is 0 Å². The summed E-state index contributed by atoms with van der Waals surface area (Å²) < 4.78 is 13.3. The molecule has 0 spiro atoms. The second kappa shape index (κ2) is 4.89. The highest BCUT2D eigenvalue weighted by molar-refractivity contribution is 5.64. The molecule has 1 aliphatic heterocycles. The van der Waals surface area contributed by atoms with Crippen molar-refractivity contribution in [3.63, 3.8) is 0 Å². The summed E-state index contributed by atoms with van der Waals surface area (Å²) in [6.45, 7) is 2.57. The van der Waals surface area contributed by atoms with Crippen LogP contribution in [0.4, 0.5) is 15.8 Å². The third-order valence-electron chi connectivity index (χ3n) is 3.36. The first-order chi connectivity index (χ1) is 8.49. The van der Waals surface area contributed by atoms with Crippen LogP contribution in [-0.4, -0.2) is 23.6 Å². The number of piperidine rings is 1. The minimum Gasteiger partial charge on any atom is -0.363 e. The summed E-state index contributed by atoms with van der Waals surface area (Å²) in [7, 11) is 0. The van der Waals surface area contributed by atoms with Crippen molar-refractivity contribution in [3.8, 4) is 0 Å². The molecule has 6 heteroatoms. The summed E-state index contributed by atoms with van der Waals surface area (Å²) in [6.07, 6.45) is 1.52. The molecule has 5 nitrogen and oxygen atoms in total. The summed E-state index contributed by atoms with van der Waals surface area (Å²) in [5.74, 6) is -0.460. The first kappa shape index (κ1) is 12.8. The summed E-state index contributed by atoms with van der Waals surface area (Å²) in [5, 5.41) is 11.0. The second-order valence-electron chi connectivity index (χ2n) is 4.72. The molecule has 0 aliphatic carbocycles. The fourth-order valence-electron chi connectivity index (χ4n) is 2.45. The minimum atomic E-state index is -0.476. The van der Waals surface area contributed by atoms with Crippen LogP contribution in [0, 0.1) is 15.9 Å². The quantitative estimate of drug-likeness (QED) is 0.646. The molecule has 2 atom stereocenters. The molecular formula is C12H16FN3O2. The zero-order valence-electron chi connectivity index (χ0n) is 10.2. The third-order valence-corrected chi connectivity index (χ3v) is 3.36. The van der Waals surface area contributed by atoms with Crippen molar-refractivity contribution in [2.45, 2.75) is 31.8 Å². The second-order valence-corrected chi connectivity index (χ2v) is 4.72. The van der Waals surface area contributed by atoms with E-state index in [1.54, 1.807) is 0 Å². The molecule has 2 rings (SSSR count). The van der Waals surface area contributed by atoms with Gasteiger partial charge in [-0.2, -0.15) is 0 Å². The predicted octanol–water partition coefficient (Wildman–Crippen LogP) is 2.05. The van der Waals surface area contributed by atoms with Gasteiger partial charge in [-0.25, -0.2) is 4.39 Å². The van der Waals surface area contributed by atoms with Crippen molar-refractivity contribution in [1.82, 2.24) is 0 Å². The number of hydrogen-bond donors (Lipinski definition) is 1. The van der Waals surface area contributed by atoms with Gasteiger partial charge in [0.2, 0.25) is 0 Å². The fraction of sp³-hybridized carbons (Fsp3) is 0.500. The third kappa shape index (κ3) is 2.43. The average Bonchev–Trinajstić information content (AvgIpc) is 2.28. The van der Waals surface area contributed by atoms with E-state index in [2.05, 4.69) is 0 Å². The van der Waals surface area contributed by atoms with Crippen LogP contribution in [0.1, 0.15) is 19.8 Å². The molecule has 98 valence electrons. The van der Waals surface area contributed by atoms with Crippen LogP contribution in [0.2, 0.25) is 0 Å². The number of anilines is 1. The van der Waals surface area contributed by atoms with E-state index in [0.29, 0.717) is 12.2 Å². The Bertz CT molecular complexity index is 467. The number of rotatable bonds is 2. The molecule has 18 heavy (non-hydrogen) atoms. The van der Waals surface area contributed by atoms with Gasteiger partial charge in [0, 0.05) is 30.8 Å². The van der Waals surface area contributed by atoms with Crippen LogP contribution in [-0.2, 0) is 0 Å². The topological polar surface area (TPSA) is 72.4 Å². The predicted molar refractivity (Wildman–Crippen MR) is 67.1 cm³/mol. The highest BCUT2D eigenvalue weighted by atomic mass is 19.1. The number of halogens is 1. The lowest BCUT2D eigenvalue weighted by molar-refractivity contribution is -0.384. The van der Waals surface area contributed by atoms with Crippen LogP contribution in [0.5, 0.6) is 0 Å². The van der Waals surface area contributed by atoms with E-state index in [1.165, 1.54) is 12.1 Å². The molecule has 1 aromatic carbocycles. The summed E-state index contributed by atoms with van der Waals surface area (Å²) in [6, 6.07) is 3.75. The normalized spacial score (nSPS) is 24.1. The Morgan fingerprint density at radius 1 is 1.56 bits per heavy atom. The molecule has 1 heterocycles. The molecule has 1 aliphatic rings. The number of hydrogen-bond acceptors (Lipinski definition) is 4. The fourth-order valence-corrected chi connectivity index (χ4v) is 2.45. The summed E-state index contributed by atoms with van der Waals surface area (Å²) >= 11 is 0. The summed E-state index contributed by atoms with van der Waals surface area (Å²) in [5.41, 5.74) is 6.15. The Morgan fingerprint density at radius 2 is 2.28 bits per heavy atom. The number of nitrogens with two attached hydrogens (primary N) is 1. The van der Waals surface area contributed by atoms with Gasteiger partial charge in [0.05, 0.1) is 4.92 Å².